The van der Waals surface area contributed by atoms with E-state index in [1.165, 1.54) is 16.7 Å². The summed E-state index contributed by atoms with van der Waals surface area (Å²) in [6, 6.07) is 4.32. The zero-order chi connectivity index (χ0) is 14.9. The van der Waals surface area contributed by atoms with Gasteiger partial charge in [0, 0.05) is 16.8 Å². The molecular weight excluding hydrogens is 248 g/mol. The fraction of sp³-hybridized carbons (Fsp3) is 0.375. The number of aromatic nitrogens is 2. The third-order valence-electron chi connectivity index (χ3n) is 3.80. The van der Waals surface area contributed by atoms with Crippen molar-refractivity contribution in [2.45, 2.75) is 41.0 Å². The minimum atomic E-state index is 0.699. The second-order valence-electron chi connectivity index (χ2n) is 5.22. The van der Waals surface area contributed by atoms with E-state index in [2.05, 4.69) is 50.2 Å². The summed E-state index contributed by atoms with van der Waals surface area (Å²) < 4.78 is 0. The summed E-state index contributed by atoms with van der Waals surface area (Å²) in [5, 5.41) is 0. The molecule has 0 unspecified atom stereocenters. The molecule has 0 radical (unpaired) electrons. The summed E-state index contributed by atoms with van der Waals surface area (Å²) >= 11 is 0. The Kier molecular flexibility index (Phi) is 4.04. The number of nitrogen functional groups attached to an aromatic ring is 1. The Hall–Kier alpha value is -1.94. The predicted octanol–water partition coefficient (Wildman–Crippen LogP) is 3.23. The Balaban J connectivity index is 2.66. The zero-order valence-electron chi connectivity index (χ0n) is 12.8. The van der Waals surface area contributed by atoms with Gasteiger partial charge in [-0.15, -0.1) is 0 Å². The number of hydrazine groups is 1. The highest BCUT2D eigenvalue weighted by atomic mass is 15.3. The van der Waals surface area contributed by atoms with Gasteiger partial charge in [0.2, 0.25) is 0 Å². The lowest BCUT2D eigenvalue weighted by Gasteiger charge is -2.13. The maximum Gasteiger partial charge on any atom is 0.162 e. The van der Waals surface area contributed by atoms with Crippen molar-refractivity contribution < 1.29 is 0 Å². The lowest BCUT2D eigenvalue weighted by Crippen LogP contribution is -2.13. The summed E-state index contributed by atoms with van der Waals surface area (Å²) in [7, 11) is 0. The smallest absolute Gasteiger partial charge is 0.162 e. The molecule has 0 fully saturated rings. The van der Waals surface area contributed by atoms with Crippen molar-refractivity contribution in [3.05, 3.63) is 40.1 Å². The second kappa shape index (κ2) is 5.59. The standard InChI is InChI=1S/C16H22N4/c1-6-14-12(5)15(20-17)19-16(18-14)13-8-10(3)9(2)7-11(13)4/h7-8H,6,17H2,1-5H3,(H,18,19,20). The molecule has 106 valence electrons. The number of hydrogen-bond donors (Lipinski definition) is 2. The van der Waals surface area contributed by atoms with E-state index in [1.807, 2.05) is 6.92 Å². The fourth-order valence-electron chi connectivity index (χ4n) is 2.37. The van der Waals surface area contributed by atoms with Crippen LogP contribution in [-0.2, 0) is 6.42 Å². The third-order valence-corrected chi connectivity index (χ3v) is 3.80. The maximum atomic E-state index is 5.57. The van der Waals surface area contributed by atoms with Crippen LogP contribution in [-0.4, -0.2) is 9.97 Å². The van der Waals surface area contributed by atoms with Crippen LogP contribution >= 0.6 is 0 Å². The summed E-state index contributed by atoms with van der Waals surface area (Å²) in [5.74, 6) is 7.01. The quantitative estimate of drug-likeness (QED) is 0.664. The molecule has 4 nitrogen and oxygen atoms in total. The Morgan fingerprint density at radius 3 is 2.25 bits per heavy atom. The Bertz CT molecular complexity index is 622. The van der Waals surface area contributed by atoms with E-state index in [-0.39, 0.29) is 0 Å². The van der Waals surface area contributed by atoms with Crippen LogP contribution in [0.3, 0.4) is 0 Å². The van der Waals surface area contributed by atoms with Gasteiger partial charge in [0.15, 0.2) is 5.82 Å². The number of hydrogen-bond acceptors (Lipinski definition) is 4. The van der Waals surface area contributed by atoms with Crippen LogP contribution in [0.5, 0.6) is 0 Å². The molecule has 0 spiro atoms. The van der Waals surface area contributed by atoms with Crippen LogP contribution in [0.1, 0.15) is 34.9 Å². The number of aryl methyl sites for hydroxylation is 4. The van der Waals surface area contributed by atoms with Crippen molar-refractivity contribution in [1.29, 1.82) is 0 Å². The molecule has 1 aromatic carbocycles. The van der Waals surface area contributed by atoms with E-state index in [0.717, 1.165) is 29.1 Å². The minimum absolute atomic E-state index is 0.699. The summed E-state index contributed by atoms with van der Waals surface area (Å²) in [6.07, 6.45) is 0.861. The van der Waals surface area contributed by atoms with Crippen LogP contribution < -0.4 is 11.3 Å². The van der Waals surface area contributed by atoms with Gasteiger partial charge in [-0.1, -0.05) is 13.0 Å². The number of benzene rings is 1. The van der Waals surface area contributed by atoms with E-state index in [9.17, 15) is 0 Å². The van der Waals surface area contributed by atoms with Gasteiger partial charge in [-0.05, 0) is 56.9 Å². The minimum Gasteiger partial charge on any atom is -0.308 e. The summed E-state index contributed by atoms with van der Waals surface area (Å²) in [5.41, 5.74) is 9.50. The molecule has 2 rings (SSSR count). The molecule has 2 aromatic rings. The molecule has 20 heavy (non-hydrogen) atoms. The average Bonchev–Trinajstić information content (AvgIpc) is 2.43. The highest BCUT2D eigenvalue weighted by Crippen LogP contribution is 2.26. The molecule has 0 aliphatic heterocycles. The van der Waals surface area contributed by atoms with Crippen LogP contribution in [0, 0.1) is 27.7 Å². The van der Waals surface area contributed by atoms with Crippen LogP contribution in [0.25, 0.3) is 11.4 Å². The SMILES string of the molecule is CCc1nc(-c2cc(C)c(C)cc2C)nc(NN)c1C. The maximum absolute atomic E-state index is 5.57. The topological polar surface area (TPSA) is 63.8 Å². The van der Waals surface area contributed by atoms with Gasteiger partial charge in [0.25, 0.3) is 0 Å². The summed E-state index contributed by atoms with van der Waals surface area (Å²) in [6.45, 7) is 10.4. The number of nitrogens with one attached hydrogen (secondary N) is 1. The van der Waals surface area contributed by atoms with Crippen molar-refractivity contribution in [1.82, 2.24) is 9.97 Å². The third kappa shape index (κ3) is 2.51. The van der Waals surface area contributed by atoms with Gasteiger partial charge in [0.05, 0.1) is 0 Å². The van der Waals surface area contributed by atoms with Gasteiger partial charge in [-0.25, -0.2) is 15.8 Å². The highest BCUT2D eigenvalue weighted by Gasteiger charge is 2.13. The number of nitrogens with two attached hydrogens (primary N) is 1. The predicted molar refractivity (Wildman–Crippen MR) is 83.6 cm³/mol. The molecule has 1 aromatic heterocycles. The molecule has 0 saturated heterocycles. The van der Waals surface area contributed by atoms with E-state index >= 15 is 0 Å². The largest absolute Gasteiger partial charge is 0.308 e. The molecule has 3 N–H and O–H groups in total. The first-order valence-electron chi connectivity index (χ1n) is 6.90. The van der Waals surface area contributed by atoms with E-state index in [0.29, 0.717) is 5.82 Å². The second-order valence-corrected chi connectivity index (χ2v) is 5.22. The average molecular weight is 270 g/mol. The van der Waals surface area contributed by atoms with Crippen LogP contribution in [0.4, 0.5) is 5.82 Å². The number of anilines is 1. The highest BCUT2D eigenvalue weighted by molar-refractivity contribution is 5.65. The van der Waals surface area contributed by atoms with E-state index in [4.69, 9.17) is 10.8 Å². The lowest BCUT2D eigenvalue weighted by atomic mass is 10.00. The molecule has 0 aliphatic rings. The van der Waals surface area contributed by atoms with Gasteiger partial charge < -0.3 is 5.43 Å². The van der Waals surface area contributed by atoms with Crippen molar-refractivity contribution in [2.75, 3.05) is 5.43 Å². The monoisotopic (exact) mass is 270 g/mol. The first-order valence-corrected chi connectivity index (χ1v) is 6.90. The van der Waals surface area contributed by atoms with Gasteiger partial charge >= 0.3 is 0 Å². The normalized spacial score (nSPS) is 10.7. The first kappa shape index (κ1) is 14.5. The van der Waals surface area contributed by atoms with Crippen LogP contribution in [0.2, 0.25) is 0 Å². The molecule has 0 bridgehead atoms. The fourth-order valence-corrected chi connectivity index (χ4v) is 2.37. The van der Waals surface area contributed by atoms with E-state index in [1.54, 1.807) is 0 Å². The van der Waals surface area contributed by atoms with Crippen molar-refractivity contribution in [3.8, 4) is 11.4 Å². The molecule has 1 heterocycles. The van der Waals surface area contributed by atoms with Gasteiger partial charge in [0.1, 0.15) is 5.82 Å². The van der Waals surface area contributed by atoms with Crippen molar-refractivity contribution in [2.24, 2.45) is 5.84 Å². The summed E-state index contributed by atoms with van der Waals surface area (Å²) in [4.78, 5) is 9.25. The Morgan fingerprint density at radius 1 is 1.00 bits per heavy atom. The van der Waals surface area contributed by atoms with Crippen LogP contribution in [0.15, 0.2) is 12.1 Å². The molecule has 0 atom stereocenters. The molecular formula is C16H22N4. The molecule has 0 saturated carbocycles. The van der Waals surface area contributed by atoms with Gasteiger partial charge in [-0.3, -0.25) is 0 Å². The lowest BCUT2D eigenvalue weighted by molar-refractivity contribution is 0.971. The van der Waals surface area contributed by atoms with Gasteiger partial charge in [-0.2, -0.15) is 0 Å². The Morgan fingerprint density at radius 2 is 1.65 bits per heavy atom. The van der Waals surface area contributed by atoms with Crippen molar-refractivity contribution in [3.63, 3.8) is 0 Å². The van der Waals surface area contributed by atoms with Crippen molar-refractivity contribution >= 4 is 5.82 Å². The zero-order valence-corrected chi connectivity index (χ0v) is 12.8. The molecule has 4 heteroatoms. The number of rotatable bonds is 3. The Labute approximate surface area is 120 Å². The first-order chi connectivity index (χ1) is 9.47. The molecule has 0 aliphatic carbocycles. The number of nitrogens with zero attached hydrogens (tertiary/aromatic N) is 2. The molecule has 0 amide bonds. The van der Waals surface area contributed by atoms with E-state index < -0.39 is 0 Å².